The number of imidazole rings is 1. The molecule has 0 aliphatic rings. The molecule has 0 amide bonds. The van der Waals surface area contributed by atoms with Gasteiger partial charge in [0.1, 0.15) is 5.82 Å². The summed E-state index contributed by atoms with van der Waals surface area (Å²) in [6, 6.07) is 25.5. The van der Waals surface area contributed by atoms with E-state index < -0.39 is 0 Å². The van der Waals surface area contributed by atoms with Crippen molar-refractivity contribution in [1.29, 1.82) is 0 Å². The van der Waals surface area contributed by atoms with Gasteiger partial charge in [-0.05, 0) is 35.9 Å². The lowest BCUT2D eigenvalue weighted by Gasteiger charge is -2.06. The number of H-pyrrole nitrogens is 2. The van der Waals surface area contributed by atoms with Crippen LogP contribution in [-0.2, 0) is 0 Å². The van der Waals surface area contributed by atoms with E-state index in [2.05, 4.69) is 15.0 Å². The standard InChI is InChI=1S/C22H16N4O/c27-22-25-18-11-4-5-12-20(18)26(22)21-16(15-8-2-1-3-9-15)14-19(24-21)17-10-6-7-13-23-17/h1-14,24H,(H,25,27). The highest BCUT2D eigenvalue weighted by molar-refractivity contribution is 5.83. The van der Waals surface area contributed by atoms with Gasteiger partial charge >= 0.3 is 5.69 Å². The molecule has 0 saturated heterocycles. The largest absolute Gasteiger partial charge is 0.339 e. The van der Waals surface area contributed by atoms with Gasteiger partial charge in [0.2, 0.25) is 0 Å². The van der Waals surface area contributed by atoms with Gasteiger partial charge in [-0.25, -0.2) is 9.36 Å². The highest BCUT2D eigenvalue weighted by atomic mass is 16.1. The molecule has 3 aromatic heterocycles. The second-order valence-corrected chi connectivity index (χ2v) is 6.31. The van der Waals surface area contributed by atoms with Gasteiger partial charge in [0, 0.05) is 11.8 Å². The lowest BCUT2D eigenvalue weighted by molar-refractivity contribution is 0.981. The fourth-order valence-corrected chi connectivity index (χ4v) is 3.39. The zero-order valence-corrected chi connectivity index (χ0v) is 14.4. The maximum absolute atomic E-state index is 12.7. The fourth-order valence-electron chi connectivity index (χ4n) is 3.39. The summed E-state index contributed by atoms with van der Waals surface area (Å²) >= 11 is 0. The van der Waals surface area contributed by atoms with Gasteiger partial charge in [-0.1, -0.05) is 48.5 Å². The first-order chi connectivity index (χ1) is 13.3. The first-order valence-corrected chi connectivity index (χ1v) is 8.71. The van der Waals surface area contributed by atoms with Crippen LogP contribution in [0.2, 0.25) is 0 Å². The summed E-state index contributed by atoms with van der Waals surface area (Å²) in [5.41, 5.74) is 5.12. The van der Waals surface area contributed by atoms with Crippen molar-refractivity contribution < 1.29 is 0 Å². The Morgan fingerprint density at radius 1 is 0.815 bits per heavy atom. The van der Waals surface area contributed by atoms with E-state index in [0.717, 1.165) is 39.4 Å². The maximum Gasteiger partial charge on any atom is 0.332 e. The summed E-state index contributed by atoms with van der Waals surface area (Å²) in [5, 5.41) is 0. The molecule has 0 spiro atoms. The van der Waals surface area contributed by atoms with Crippen molar-refractivity contribution in [3.05, 3.63) is 95.5 Å². The molecular weight excluding hydrogens is 336 g/mol. The second kappa shape index (κ2) is 6.14. The summed E-state index contributed by atoms with van der Waals surface area (Å²) in [4.78, 5) is 23.5. The lowest BCUT2D eigenvalue weighted by Crippen LogP contribution is -2.15. The normalized spacial score (nSPS) is 11.1. The van der Waals surface area contributed by atoms with Crippen molar-refractivity contribution in [3.8, 4) is 28.3 Å². The molecular formula is C22H16N4O. The number of hydrogen-bond donors (Lipinski definition) is 2. The highest BCUT2D eigenvalue weighted by Crippen LogP contribution is 2.32. The summed E-state index contributed by atoms with van der Waals surface area (Å²) in [6.07, 6.45) is 1.76. The van der Waals surface area contributed by atoms with Crippen molar-refractivity contribution >= 4 is 11.0 Å². The van der Waals surface area contributed by atoms with Crippen LogP contribution >= 0.6 is 0 Å². The Kier molecular flexibility index (Phi) is 3.50. The zero-order valence-electron chi connectivity index (χ0n) is 14.4. The van der Waals surface area contributed by atoms with Crippen molar-refractivity contribution in [2.45, 2.75) is 0 Å². The minimum absolute atomic E-state index is 0.178. The Morgan fingerprint density at radius 3 is 2.41 bits per heavy atom. The van der Waals surface area contributed by atoms with Crippen LogP contribution in [0, 0.1) is 0 Å². The van der Waals surface area contributed by atoms with E-state index in [1.54, 1.807) is 10.8 Å². The third kappa shape index (κ3) is 2.57. The van der Waals surface area contributed by atoms with Gasteiger partial charge in [-0.15, -0.1) is 0 Å². The number of para-hydroxylation sites is 2. The monoisotopic (exact) mass is 352 g/mol. The molecule has 0 fully saturated rings. The van der Waals surface area contributed by atoms with Crippen LogP contribution in [-0.4, -0.2) is 19.5 Å². The maximum atomic E-state index is 12.7. The van der Waals surface area contributed by atoms with Gasteiger partial charge < -0.3 is 9.97 Å². The predicted octanol–water partition coefficient (Wildman–Crippen LogP) is 4.38. The smallest absolute Gasteiger partial charge is 0.332 e. The number of aromatic nitrogens is 4. The first-order valence-electron chi connectivity index (χ1n) is 8.71. The van der Waals surface area contributed by atoms with Crippen molar-refractivity contribution in [1.82, 2.24) is 19.5 Å². The van der Waals surface area contributed by atoms with Crippen molar-refractivity contribution in [2.24, 2.45) is 0 Å². The molecule has 3 heterocycles. The number of nitrogens with zero attached hydrogens (tertiary/aromatic N) is 2. The Labute approximate surface area is 155 Å². The first kappa shape index (κ1) is 15.4. The van der Waals surface area contributed by atoms with E-state index in [1.807, 2.05) is 78.9 Å². The third-order valence-corrected chi connectivity index (χ3v) is 4.64. The average molecular weight is 352 g/mol. The molecule has 0 atom stereocenters. The number of benzene rings is 2. The number of pyridine rings is 1. The van der Waals surface area contributed by atoms with Gasteiger partial charge in [-0.3, -0.25) is 4.98 Å². The zero-order chi connectivity index (χ0) is 18.2. The van der Waals surface area contributed by atoms with Gasteiger partial charge in [-0.2, -0.15) is 0 Å². The average Bonchev–Trinajstić information content (AvgIpc) is 3.29. The van der Waals surface area contributed by atoms with Crippen molar-refractivity contribution in [3.63, 3.8) is 0 Å². The van der Waals surface area contributed by atoms with E-state index in [4.69, 9.17) is 0 Å². The third-order valence-electron chi connectivity index (χ3n) is 4.64. The van der Waals surface area contributed by atoms with E-state index in [9.17, 15) is 4.79 Å². The van der Waals surface area contributed by atoms with Crippen molar-refractivity contribution in [2.75, 3.05) is 0 Å². The number of aromatic amines is 2. The van der Waals surface area contributed by atoms with Crippen LogP contribution in [0.3, 0.4) is 0 Å². The van der Waals surface area contributed by atoms with E-state index in [1.165, 1.54) is 0 Å². The lowest BCUT2D eigenvalue weighted by atomic mass is 10.1. The quantitative estimate of drug-likeness (QED) is 0.506. The Bertz CT molecular complexity index is 1280. The van der Waals surface area contributed by atoms with Gasteiger partial charge in [0.25, 0.3) is 0 Å². The molecule has 0 aliphatic heterocycles. The number of hydrogen-bond acceptors (Lipinski definition) is 2. The van der Waals surface area contributed by atoms with E-state index in [-0.39, 0.29) is 5.69 Å². The van der Waals surface area contributed by atoms with Gasteiger partial charge in [0.05, 0.1) is 22.4 Å². The Morgan fingerprint density at radius 2 is 1.59 bits per heavy atom. The van der Waals surface area contributed by atoms with E-state index >= 15 is 0 Å². The van der Waals surface area contributed by atoms with Gasteiger partial charge in [0.15, 0.2) is 0 Å². The van der Waals surface area contributed by atoms with E-state index in [0.29, 0.717) is 0 Å². The summed E-state index contributed by atoms with van der Waals surface area (Å²) in [6.45, 7) is 0. The molecule has 5 nitrogen and oxygen atoms in total. The predicted molar refractivity (Wildman–Crippen MR) is 107 cm³/mol. The molecule has 130 valence electrons. The van der Waals surface area contributed by atoms with Crippen LogP contribution in [0.15, 0.2) is 89.9 Å². The molecule has 0 bridgehead atoms. The Hall–Kier alpha value is -3.86. The summed E-state index contributed by atoms with van der Waals surface area (Å²) in [5.74, 6) is 0.726. The molecule has 0 radical (unpaired) electrons. The molecule has 5 aromatic rings. The molecule has 2 aromatic carbocycles. The number of rotatable bonds is 3. The summed E-state index contributed by atoms with van der Waals surface area (Å²) in [7, 11) is 0. The topological polar surface area (TPSA) is 66.5 Å². The number of nitrogens with one attached hydrogen (secondary N) is 2. The minimum Gasteiger partial charge on any atom is -0.339 e. The molecule has 27 heavy (non-hydrogen) atoms. The van der Waals surface area contributed by atoms with Crippen LogP contribution < -0.4 is 5.69 Å². The molecule has 5 rings (SSSR count). The molecule has 5 heteroatoms. The van der Waals surface area contributed by atoms with Crippen LogP contribution in [0.5, 0.6) is 0 Å². The minimum atomic E-state index is -0.178. The Balaban J connectivity index is 1.82. The van der Waals surface area contributed by atoms with Crippen LogP contribution in [0.25, 0.3) is 39.4 Å². The molecule has 0 aliphatic carbocycles. The number of fused-ring (bicyclic) bond motifs is 1. The van der Waals surface area contributed by atoms with Crippen LogP contribution in [0.4, 0.5) is 0 Å². The molecule has 2 N–H and O–H groups in total. The SMILES string of the molecule is O=c1[nH]c2ccccc2n1-c1[nH]c(-c2ccccn2)cc1-c1ccccc1. The molecule has 0 saturated carbocycles. The second-order valence-electron chi connectivity index (χ2n) is 6.31. The van der Waals surface area contributed by atoms with Crippen LogP contribution in [0.1, 0.15) is 0 Å². The molecule has 0 unspecified atom stereocenters. The fraction of sp³-hybridized carbons (Fsp3) is 0. The summed E-state index contributed by atoms with van der Waals surface area (Å²) < 4.78 is 1.68. The highest BCUT2D eigenvalue weighted by Gasteiger charge is 2.17.